The Hall–Kier alpha value is -1.65. The van der Waals surface area contributed by atoms with E-state index in [1.165, 1.54) is 11.9 Å². The molecular weight excluding hydrogens is 244 g/mol. The second-order valence-electron chi connectivity index (χ2n) is 5.68. The van der Waals surface area contributed by atoms with Gasteiger partial charge in [0.15, 0.2) is 0 Å². The van der Waals surface area contributed by atoms with Crippen LogP contribution in [0, 0.1) is 23.7 Å². The number of imide groups is 1. The lowest BCUT2D eigenvalue weighted by Gasteiger charge is -2.38. The van der Waals surface area contributed by atoms with Crippen molar-refractivity contribution >= 4 is 17.7 Å². The molecule has 1 aliphatic heterocycles. The fourth-order valence-electron chi connectivity index (χ4n) is 3.81. The standard InChI is InChI=1S/C14H18N2O3/c1-7(12(17)15-2)16-13(18)10-8-3-4-9(6-5-8)11(10)14(16)19/h3-4,7-11H,5-6H2,1-2H3,(H,15,17)/t7-,8-,9-,10+,11+/m0/s1. The minimum absolute atomic E-state index is 0.162. The summed E-state index contributed by atoms with van der Waals surface area (Å²) in [4.78, 5) is 37.9. The van der Waals surface area contributed by atoms with E-state index in [2.05, 4.69) is 17.5 Å². The summed E-state index contributed by atoms with van der Waals surface area (Å²) in [5.74, 6) is -0.732. The minimum atomic E-state index is -0.713. The van der Waals surface area contributed by atoms with E-state index in [4.69, 9.17) is 0 Å². The highest BCUT2D eigenvalue weighted by Gasteiger charge is 2.57. The fourth-order valence-corrected chi connectivity index (χ4v) is 3.81. The highest BCUT2D eigenvalue weighted by molar-refractivity contribution is 6.08. The van der Waals surface area contributed by atoms with Gasteiger partial charge in [-0.3, -0.25) is 19.3 Å². The predicted octanol–water partition coefficient (Wildman–Crippen LogP) is 0.318. The first-order chi connectivity index (χ1) is 9.06. The van der Waals surface area contributed by atoms with Gasteiger partial charge in [0.2, 0.25) is 17.7 Å². The van der Waals surface area contributed by atoms with Crippen LogP contribution in [0.4, 0.5) is 0 Å². The van der Waals surface area contributed by atoms with Gasteiger partial charge in [0.1, 0.15) is 6.04 Å². The molecule has 5 atom stereocenters. The molecule has 0 spiro atoms. The zero-order chi connectivity index (χ0) is 13.7. The van der Waals surface area contributed by atoms with Crippen LogP contribution < -0.4 is 5.32 Å². The van der Waals surface area contributed by atoms with Crippen LogP contribution in [-0.4, -0.2) is 35.7 Å². The molecule has 0 aromatic rings. The molecule has 19 heavy (non-hydrogen) atoms. The number of nitrogens with one attached hydrogen (secondary N) is 1. The normalized spacial score (nSPS) is 37.5. The SMILES string of the molecule is CNC(=O)[C@H](C)N1C(=O)[C@H]2[C@H](C1=O)[C@H]1C=C[C@H]2CC1. The number of nitrogens with zero attached hydrogens (tertiary/aromatic N) is 1. The molecule has 1 N–H and O–H groups in total. The molecule has 2 fully saturated rings. The van der Waals surface area contributed by atoms with Gasteiger partial charge in [-0.25, -0.2) is 0 Å². The molecule has 0 radical (unpaired) electrons. The van der Waals surface area contributed by atoms with Gasteiger partial charge in [0.05, 0.1) is 11.8 Å². The first kappa shape index (κ1) is 12.4. The summed E-state index contributed by atoms with van der Waals surface area (Å²) in [6, 6.07) is -0.713. The van der Waals surface area contributed by atoms with Crippen molar-refractivity contribution in [3.8, 4) is 0 Å². The molecule has 0 aromatic carbocycles. The Labute approximate surface area is 112 Å². The summed E-state index contributed by atoms with van der Waals surface area (Å²) in [7, 11) is 1.52. The van der Waals surface area contributed by atoms with E-state index in [0.29, 0.717) is 0 Å². The predicted molar refractivity (Wildman–Crippen MR) is 67.7 cm³/mol. The van der Waals surface area contributed by atoms with Gasteiger partial charge < -0.3 is 5.32 Å². The number of rotatable bonds is 2. The molecule has 3 amide bonds. The van der Waals surface area contributed by atoms with Gasteiger partial charge in [-0.05, 0) is 31.6 Å². The van der Waals surface area contributed by atoms with Crippen LogP contribution >= 0.6 is 0 Å². The molecule has 2 bridgehead atoms. The van der Waals surface area contributed by atoms with Crippen molar-refractivity contribution < 1.29 is 14.4 Å². The van der Waals surface area contributed by atoms with E-state index in [1.807, 2.05) is 0 Å². The highest BCUT2D eigenvalue weighted by atomic mass is 16.2. The zero-order valence-corrected chi connectivity index (χ0v) is 11.1. The Morgan fingerprint density at radius 3 is 2.05 bits per heavy atom. The van der Waals surface area contributed by atoms with Gasteiger partial charge in [0.25, 0.3) is 0 Å². The molecule has 1 heterocycles. The largest absolute Gasteiger partial charge is 0.357 e. The molecule has 4 rings (SSSR count). The topological polar surface area (TPSA) is 66.5 Å². The van der Waals surface area contributed by atoms with Crippen LogP contribution in [0.5, 0.6) is 0 Å². The average Bonchev–Trinajstić information content (AvgIpc) is 2.73. The summed E-state index contributed by atoms with van der Waals surface area (Å²) >= 11 is 0. The van der Waals surface area contributed by atoms with Crippen LogP contribution in [0.25, 0.3) is 0 Å². The van der Waals surface area contributed by atoms with Crippen molar-refractivity contribution in [2.24, 2.45) is 23.7 Å². The number of hydrogen-bond donors (Lipinski definition) is 1. The van der Waals surface area contributed by atoms with Crippen LogP contribution in [0.1, 0.15) is 19.8 Å². The van der Waals surface area contributed by atoms with E-state index in [-0.39, 0.29) is 41.4 Å². The van der Waals surface area contributed by atoms with E-state index in [1.54, 1.807) is 6.92 Å². The molecule has 4 aliphatic rings. The molecular formula is C14H18N2O3. The lowest BCUT2D eigenvalue weighted by molar-refractivity contribution is -0.147. The van der Waals surface area contributed by atoms with Crippen molar-refractivity contribution in [1.82, 2.24) is 10.2 Å². The number of likely N-dealkylation sites (tertiary alicyclic amines) is 1. The quantitative estimate of drug-likeness (QED) is 0.575. The van der Waals surface area contributed by atoms with Gasteiger partial charge >= 0.3 is 0 Å². The second-order valence-corrected chi connectivity index (χ2v) is 5.68. The molecule has 102 valence electrons. The lowest BCUT2D eigenvalue weighted by atomic mass is 9.63. The van der Waals surface area contributed by atoms with E-state index in [0.717, 1.165) is 12.8 Å². The maximum absolute atomic E-state index is 12.5. The lowest BCUT2D eigenvalue weighted by Crippen LogP contribution is -2.47. The first-order valence-corrected chi connectivity index (χ1v) is 6.83. The zero-order valence-electron chi connectivity index (χ0n) is 11.1. The van der Waals surface area contributed by atoms with Crippen LogP contribution in [0.3, 0.4) is 0 Å². The smallest absolute Gasteiger partial charge is 0.242 e. The Bertz CT molecular complexity index is 453. The summed E-state index contributed by atoms with van der Waals surface area (Å²) in [5, 5.41) is 2.50. The second kappa shape index (κ2) is 4.18. The third-order valence-electron chi connectivity index (χ3n) is 4.81. The van der Waals surface area contributed by atoms with Crippen molar-refractivity contribution in [2.75, 3.05) is 7.05 Å². The van der Waals surface area contributed by atoms with Gasteiger partial charge in [-0.2, -0.15) is 0 Å². The summed E-state index contributed by atoms with van der Waals surface area (Å²) in [6.07, 6.45) is 6.11. The molecule has 5 heteroatoms. The van der Waals surface area contributed by atoms with E-state index < -0.39 is 6.04 Å². The fraction of sp³-hybridized carbons (Fsp3) is 0.643. The summed E-state index contributed by atoms with van der Waals surface area (Å²) in [5.41, 5.74) is 0. The first-order valence-electron chi connectivity index (χ1n) is 6.83. The van der Waals surface area contributed by atoms with Crippen LogP contribution in [0.2, 0.25) is 0 Å². The highest BCUT2D eigenvalue weighted by Crippen LogP contribution is 2.49. The van der Waals surface area contributed by atoms with Gasteiger partial charge in [-0.15, -0.1) is 0 Å². The van der Waals surface area contributed by atoms with Crippen LogP contribution in [-0.2, 0) is 14.4 Å². The van der Waals surface area contributed by atoms with Crippen molar-refractivity contribution in [1.29, 1.82) is 0 Å². The number of fused-ring (bicyclic) bond motifs is 1. The Morgan fingerprint density at radius 1 is 1.21 bits per heavy atom. The monoisotopic (exact) mass is 262 g/mol. The molecule has 1 saturated heterocycles. The van der Waals surface area contributed by atoms with Gasteiger partial charge in [0, 0.05) is 7.05 Å². The molecule has 0 unspecified atom stereocenters. The third kappa shape index (κ3) is 1.57. The number of carbonyl (C=O) groups excluding carboxylic acids is 3. The number of carbonyl (C=O) groups is 3. The Kier molecular flexibility index (Phi) is 2.73. The van der Waals surface area contributed by atoms with Crippen molar-refractivity contribution in [2.45, 2.75) is 25.8 Å². The number of hydrogen-bond acceptors (Lipinski definition) is 3. The van der Waals surface area contributed by atoms with E-state index in [9.17, 15) is 14.4 Å². The Morgan fingerprint density at radius 2 is 1.68 bits per heavy atom. The maximum Gasteiger partial charge on any atom is 0.242 e. The summed E-state index contributed by atoms with van der Waals surface area (Å²) < 4.78 is 0. The Balaban J connectivity index is 1.93. The number of amides is 3. The molecule has 5 nitrogen and oxygen atoms in total. The molecule has 1 saturated carbocycles. The van der Waals surface area contributed by atoms with Crippen molar-refractivity contribution in [3.63, 3.8) is 0 Å². The molecule has 0 aromatic heterocycles. The minimum Gasteiger partial charge on any atom is -0.357 e. The molecule has 3 aliphatic carbocycles. The third-order valence-corrected chi connectivity index (χ3v) is 4.81. The number of likely N-dealkylation sites (N-methyl/N-ethyl adjacent to an activating group) is 1. The number of allylic oxidation sites excluding steroid dienone is 2. The van der Waals surface area contributed by atoms with E-state index >= 15 is 0 Å². The van der Waals surface area contributed by atoms with Crippen LogP contribution in [0.15, 0.2) is 12.2 Å². The van der Waals surface area contributed by atoms with Crippen molar-refractivity contribution in [3.05, 3.63) is 12.2 Å². The average molecular weight is 262 g/mol. The van der Waals surface area contributed by atoms with Gasteiger partial charge in [-0.1, -0.05) is 12.2 Å². The maximum atomic E-state index is 12.5. The summed E-state index contributed by atoms with van der Waals surface area (Å²) in [6.45, 7) is 1.61.